The van der Waals surface area contributed by atoms with Gasteiger partial charge in [0.1, 0.15) is 0 Å². The number of methoxy groups -OCH3 is 1. The van der Waals surface area contributed by atoms with Gasteiger partial charge in [0.05, 0.1) is 0 Å². The van der Waals surface area contributed by atoms with Crippen LogP contribution in [0, 0.1) is 0 Å². The Hall–Kier alpha value is 0.800. The number of ether oxygens (including phenoxy) is 1. The maximum atomic E-state index is 4.25. The predicted molar refractivity (Wildman–Crippen MR) is 125 cm³/mol. The molecule has 0 radical (unpaired) electrons. The second-order valence-electron chi connectivity index (χ2n) is 3.96. The minimum Gasteiger partial charge on any atom is -0.388 e. The van der Waals surface area contributed by atoms with Gasteiger partial charge < -0.3 is 4.74 Å². The maximum absolute atomic E-state index is 4.25. The largest absolute Gasteiger partial charge is 0.388 e. The molecule has 0 aromatic heterocycles. The van der Waals surface area contributed by atoms with Gasteiger partial charge in [-0.05, 0) is 91.6 Å². The summed E-state index contributed by atoms with van der Waals surface area (Å²) in [4.78, 5) is 0. The fraction of sp³-hybridized carbons (Fsp3) is 0.333. The van der Waals surface area contributed by atoms with Crippen LogP contribution in [-0.2, 0) is 11.2 Å². The molecule has 2 aromatic rings. The van der Waals surface area contributed by atoms with Crippen LogP contribution in [-0.4, -0.2) is 14.2 Å². The summed E-state index contributed by atoms with van der Waals surface area (Å²) < 4.78 is 9.54. The molecule has 0 fully saturated rings. The molecular formula is C18H23Br5O. The highest BCUT2D eigenvalue weighted by Gasteiger charge is 2.15. The Labute approximate surface area is 188 Å². The van der Waals surface area contributed by atoms with Crippen molar-refractivity contribution in [1.29, 1.82) is 0 Å². The standard InChI is InChI=1S/C8H5Br5.C6H6.C2H6O.C2H6/c1-2-3-4(9)6(11)8(13)7(12)5(3)10;1-2-4-6-5-3-1;1-3-2;1-2/h2H2,1H3;1-6H;1-2H3;1-2H3. The van der Waals surface area contributed by atoms with Crippen LogP contribution in [0.5, 0.6) is 0 Å². The average molecular weight is 655 g/mol. The molecule has 136 valence electrons. The predicted octanol–water partition coefficient (Wildman–Crippen LogP) is 9.04. The molecule has 24 heavy (non-hydrogen) atoms. The third-order valence-electron chi connectivity index (χ3n) is 2.32. The number of hydrogen-bond acceptors (Lipinski definition) is 1. The molecule has 0 atom stereocenters. The van der Waals surface area contributed by atoms with Gasteiger partial charge in [-0.3, -0.25) is 0 Å². The first kappa shape index (κ1) is 27.0. The third kappa shape index (κ3) is 10.1. The zero-order valence-corrected chi connectivity index (χ0v) is 22.4. The Bertz CT molecular complexity index is 503. The Morgan fingerprint density at radius 3 is 1.04 bits per heavy atom. The van der Waals surface area contributed by atoms with Crippen molar-refractivity contribution in [3.63, 3.8) is 0 Å². The smallest absolute Gasteiger partial charge is 0.0482 e. The van der Waals surface area contributed by atoms with Gasteiger partial charge in [-0.25, -0.2) is 0 Å². The molecule has 0 aliphatic carbocycles. The zero-order valence-electron chi connectivity index (χ0n) is 14.5. The molecule has 0 aliphatic rings. The van der Waals surface area contributed by atoms with Gasteiger partial charge in [0.2, 0.25) is 0 Å². The van der Waals surface area contributed by atoms with Gasteiger partial charge in [-0.1, -0.05) is 57.2 Å². The lowest BCUT2D eigenvalue weighted by atomic mass is 10.2. The first-order chi connectivity index (χ1) is 11.4. The molecule has 0 saturated carbocycles. The second kappa shape index (κ2) is 17.2. The van der Waals surface area contributed by atoms with E-state index >= 15 is 0 Å². The van der Waals surface area contributed by atoms with Crippen LogP contribution in [0.25, 0.3) is 0 Å². The van der Waals surface area contributed by atoms with Gasteiger partial charge in [-0.2, -0.15) is 0 Å². The lowest BCUT2D eigenvalue weighted by Gasteiger charge is -2.11. The lowest BCUT2D eigenvalue weighted by Crippen LogP contribution is -1.89. The summed E-state index contributed by atoms with van der Waals surface area (Å²) in [5.41, 5.74) is 1.25. The van der Waals surface area contributed by atoms with Crippen LogP contribution >= 0.6 is 79.6 Å². The molecule has 6 heteroatoms. The van der Waals surface area contributed by atoms with Crippen LogP contribution in [0.1, 0.15) is 26.3 Å². The van der Waals surface area contributed by atoms with E-state index in [4.69, 9.17) is 0 Å². The van der Waals surface area contributed by atoms with Crippen molar-refractivity contribution in [2.24, 2.45) is 0 Å². The van der Waals surface area contributed by atoms with E-state index in [0.717, 1.165) is 28.8 Å². The normalized spacial score (nSPS) is 8.75. The maximum Gasteiger partial charge on any atom is 0.0482 e. The third-order valence-corrected chi connectivity index (χ3v) is 8.58. The molecule has 2 aromatic carbocycles. The van der Waals surface area contributed by atoms with E-state index in [1.165, 1.54) is 5.56 Å². The van der Waals surface area contributed by atoms with Gasteiger partial charge in [0.15, 0.2) is 0 Å². The summed E-state index contributed by atoms with van der Waals surface area (Å²) in [6.45, 7) is 6.12. The van der Waals surface area contributed by atoms with Crippen LogP contribution in [0.4, 0.5) is 0 Å². The van der Waals surface area contributed by atoms with Gasteiger partial charge in [0.25, 0.3) is 0 Å². The molecule has 2 rings (SSSR count). The van der Waals surface area contributed by atoms with E-state index in [0.29, 0.717) is 0 Å². The van der Waals surface area contributed by atoms with Crippen molar-refractivity contribution in [3.8, 4) is 0 Å². The quantitative estimate of drug-likeness (QED) is 0.220. The summed E-state index contributed by atoms with van der Waals surface area (Å²) in [5.74, 6) is 0. The Morgan fingerprint density at radius 2 is 0.833 bits per heavy atom. The number of hydrogen-bond donors (Lipinski definition) is 0. The van der Waals surface area contributed by atoms with Crippen LogP contribution < -0.4 is 0 Å². The number of halogens is 5. The molecule has 0 spiro atoms. The van der Waals surface area contributed by atoms with Crippen LogP contribution in [0.3, 0.4) is 0 Å². The molecule has 0 saturated heterocycles. The molecule has 0 N–H and O–H groups in total. The monoisotopic (exact) mass is 650 g/mol. The lowest BCUT2D eigenvalue weighted by molar-refractivity contribution is 0.277. The first-order valence-electron chi connectivity index (χ1n) is 7.32. The Kier molecular flexibility index (Phi) is 19.4. The molecule has 0 heterocycles. The molecule has 0 bridgehead atoms. The van der Waals surface area contributed by atoms with Crippen LogP contribution in [0.15, 0.2) is 58.8 Å². The molecular weight excluding hydrogens is 632 g/mol. The summed E-state index contributed by atoms with van der Waals surface area (Å²) >= 11 is 17.6. The second-order valence-corrected chi connectivity index (χ2v) is 7.93. The van der Waals surface area contributed by atoms with E-state index in [1.54, 1.807) is 14.2 Å². The SMILES string of the molecule is CC.CCc1c(Br)c(Br)c(Br)c(Br)c1Br.COC.c1ccccc1. The molecule has 0 aliphatic heterocycles. The van der Waals surface area contributed by atoms with E-state index < -0.39 is 0 Å². The van der Waals surface area contributed by atoms with E-state index in [9.17, 15) is 0 Å². The highest BCUT2D eigenvalue weighted by Crippen LogP contribution is 2.44. The number of benzene rings is 2. The fourth-order valence-electron chi connectivity index (χ4n) is 1.35. The van der Waals surface area contributed by atoms with Crippen molar-refractivity contribution in [2.75, 3.05) is 14.2 Å². The molecule has 1 nitrogen and oxygen atoms in total. The van der Waals surface area contributed by atoms with Crippen molar-refractivity contribution < 1.29 is 4.74 Å². The summed E-state index contributed by atoms with van der Waals surface area (Å²) in [6.07, 6.45) is 0.978. The fourth-order valence-corrected chi connectivity index (χ4v) is 5.04. The van der Waals surface area contributed by atoms with E-state index in [-0.39, 0.29) is 0 Å². The van der Waals surface area contributed by atoms with E-state index in [2.05, 4.69) is 91.3 Å². The van der Waals surface area contributed by atoms with Crippen molar-refractivity contribution in [2.45, 2.75) is 27.2 Å². The zero-order chi connectivity index (χ0) is 19.1. The topological polar surface area (TPSA) is 9.23 Å². The van der Waals surface area contributed by atoms with Gasteiger partial charge >= 0.3 is 0 Å². The molecule has 0 amide bonds. The van der Waals surface area contributed by atoms with Crippen molar-refractivity contribution in [3.05, 3.63) is 64.3 Å². The highest BCUT2D eigenvalue weighted by atomic mass is 79.9. The number of rotatable bonds is 1. The molecule has 0 unspecified atom stereocenters. The Morgan fingerprint density at radius 1 is 0.625 bits per heavy atom. The average Bonchev–Trinajstić information content (AvgIpc) is 2.63. The first-order valence-corrected chi connectivity index (χ1v) is 11.3. The minimum absolute atomic E-state index is 0.978. The minimum atomic E-state index is 0.978. The van der Waals surface area contributed by atoms with Crippen LogP contribution in [0.2, 0.25) is 0 Å². The van der Waals surface area contributed by atoms with E-state index in [1.807, 2.05) is 50.2 Å². The van der Waals surface area contributed by atoms with Gasteiger partial charge in [0, 0.05) is 36.6 Å². The summed E-state index contributed by atoms with van der Waals surface area (Å²) in [5, 5.41) is 0. The highest BCUT2D eigenvalue weighted by molar-refractivity contribution is 9.15. The Balaban J connectivity index is 0. The van der Waals surface area contributed by atoms with Crippen molar-refractivity contribution in [1.82, 2.24) is 0 Å². The summed E-state index contributed by atoms with van der Waals surface area (Å²) in [7, 11) is 3.25. The summed E-state index contributed by atoms with van der Waals surface area (Å²) in [6, 6.07) is 12.0. The van der Waals surface area contributed by atoms with Gasteiger partial charge in [-0.15, -0.1) is 0 Å². The van der Waals surface area contributed by atoms with Crippen molar-refractivity contribution >= 4 is 79.6 Å².